The minimum absolute atomic E-state index is 0.126. The molecule has 0 radical (unpaired) electrons. The molecule has 1 aliphatic carbocycles. The van der Waals surface area contributed by atoms with Gasteiger partial charge in [0.05, 0.1) is 23.7 Å². The molecular formula is C14H26N2O3S. The molecule has 3 unspecified atom stereocenters. The summed E-state index contributed by atoms with van der Waals surface area (Å²) in [6.45, 7) is 4.54. The normalized spacial score (nSPS) is 38.1. The maximum Gasteiger partial charge on any atom is 0.153 e. The van der Waals surface area contributed by atoms with Gasteiger partial charge in [0, 0.05) is 31.7 Å². The minimum atomic E-state index is -2.81. The Morgan fingerprint density at radius 2 is 1.95 bits per heavy atom. The van der Waals surface area contributed by atoms with Crippen molar-refractivity contribution in [2.24, 2.45) is 0 Å². The standard InChI is InChI=1S/C14H26N2O3S/c1-11-10-20(17,18)7-6-16(11)9-14-5-4-13(19-14)8-15-12-2-3-12/h11-15H,2-10H2,1H3. The van der Waals surface area contributed by atoms with E-state index >= 15 is 0 Å². The van der Waals surface area contributed by atoms with Gasteiger partial charge in [0.25, 0.3) is 0 Å². The number of rotatable bonds is 5. The van der Waals surface area contributed by atoms with Crippen LogP contribution in [-0.4, -0.2) is 68.7 Å². The van der Waals surface area contributed by atoms with Crippen LogP contribution in [0.2, 0.25) is 0 Å². The van der Waals surface area contributed by atoms with Crippen molar-refractivity contribution >= 4 is 9.84 Å². The van der Waals surface area contributed by atoms with Gasteiger partial charge in [-0.25, -0.2) is 8.42 Å². The molecule has 1 N–H and O–H groups in total. The molecular weight excluding hydrogens is 276 g/mol. The van der Waals surface area contributed by atoms with Crippen LogP contribution in [-0.2, 0) is 14.6 Å². The van der Waals surface area contributed by atoms with Crippen LogP contribution in [0.3, 0.4) is 0 Å². The van der Waals surface area contributed by atoms with Gasteiger partial charge in [0.2, 0.25) is 0 Å². The number of hydrogen-bond donors (Lipinski definition) is 1. The Bertz CT molecular complexity index is 436. The molecule has 0 aromatic heterocycles. The van der Waals surface area contributed by atoms with Gasteiger partial charge in [-0.2, -0.15) is 0 Å². The Morgan fingerprint density at radius 3 is 2.65 bits per heavy atom. The molecule has 0 bridgehead atoms. The number of nitrogens with zero attached hydrogens (tertiary/aromatic N) is 1. The molecule has 3 fully saturated rings. The highest BCUT2D eigenvalue weighted by Gasteiger charge is 2.33. The average Bonchev–Trinajstić information content (AvgIpc) is 3.10. The highest BCUT2D eigenvalue weighted by Crippen LogP contribution is 2.24. The van der Waals surface area contributed by atoms with Crippen molar-refractivity contribution in [3.63, 3.8) is 0 Å². The van der Waals surface area contributed by atoms with E-state index in [1.54, 1.807) is 0 Å². The maximum absolute atomic E-state index is 11.6. The third-order valence-electron chi connectivity index (χ3n) is 4.65. The second-order valence-electron chi connectivity index (χ2n) is 6.60. The van der Waals surface area contributed by atoms with E-state index in [-0.39, 0.29) is 12.1 Å². The third kappa shape index (κ3) is 3.93. The number of sulfone groups is 1. The molecule has 3 aliphatic rings. The lowest BCUT2D eigenvalue weighted by Crippen LogP contribution is -2.49. The van der Waals surface area contributed by atoms with Gasteiger partial charge in [-0.15, -0.1) is 0 Å². The highest BCUT2D eigenvalue weighted by molar-refractivity contribution is 7.91. The number of ether oxygens (including phenoxy) is 1. The first kappa shape index (κ1) is 14.8. The smallest absolute Gasteiger partial charge is 0.153 e. The van der Waals surface area contributed by atoms with Crippen LogP contribution in [0.15, 0.2) is 0 Å². The van der Waals surface area contributed by atoms with E-state index < -0.39 is 9.84 Å². The van der Waals surface area contributed by atoms with Crippen molar-refractivity contribution in [1.82, 2.24) is 10.2 Å². The van der Waals surface area contributed by atoms with Crippen LogP contribution < -0.4 is 5.32 Å². The van der Waals surface area contributed by atoms with Crippen LogP contribution >= 0.6 is 0 Å². The Morgan fingerprint density at radius 1 is 1.20 bits per heavy atom. The lowest BCUT2D eigenvalue weighted by molar-refractivity contribution is 0.0179. The van der Waals surface area contributed by atoms with Gasteiger partial charge >= 0.3 is 0 Å². The molecule has 2 saturated heterocycles. The van der Waals surface area contributed by atoms with E-state index in [0.29, 0.717) is 24.2 Å². The predicted octanol–water partition coefficient (Wildman–Crippen LogP) is 0.405. The molecule has 5 nitrogen and oxygen atoms in total. The summed E-state index contributed by atoms with van der Waals surface area (Å²) < 4.78 is 29.3. The minimum Gasteiger partial charge on any atom is -0.372 e. The fourth-order valence-electron chi connectivity index (χ4n) is 3.22. The van der Waals surface area contributed by atoms with Crippen molar-refractivity contribution < 1.29 is 13.2 Å². The van der Waals surface area contributed by atoms with Gasteiger partial charge < -0.3 is 10.1 Å². The van der Waals surface area contributed by atoms with E-state index in [2.05, 4.69) is 10.2 Å². The molecule has 0 aromatic rings. The molecule has 3 atom stereocenters. The van der Waals surface area contributed by atoms with Gasteiger partial charge in [0.15, 0.2) is 9.84 Å². The van der Waals surface area contributed by atoms with E-state index in [9.17, 15) is 8.42 Å². The second kappa shape index (κ2) is 5.91. The number of hydrogen-bond acceptors (Lipinski definition) is 5. The topological polar surface area (TPSA) is 58.6 Å². The van der Waals surface area contributed by atoms with Gasteiger partial charge in [-0.3, -0.25) is 4.90 Å². The van der Waals surface area contributed by atoms with Gasteiger partial charge in [-0.1, -0.05) is 0 Å². The summed E-state index contributed by atoms with van der Waals surface area (Å²) >= 11 is 0. The van der Waals surface area contributed by atoms with Gasteiger partial charge in [-0.05, 0) is 32.6 Å². The van der Waals surface area contributed by atoms with Crippen LogP contribution in [0, 0.1) is 0 Å². The first-order valence-electron chi connectivity index (χ1n) is 7.85. The lowest BCUT2D eigenvalue weighted by atomic mass is 10.1. The van der Waals surface area contributed by atoms with E-state index in [1.165, 1.54) is 12.8 Å². The maximum atomic E-state index is 11.6. The largest absolute Gasteiger partial charge is 0.372 e. The van der Waals surface area contributed by atoms with Crippen molar-refractivity contribution in [3.05, 3.63) is 0 Å². The zero-order chi connectivity index (χ0) is 14.2. The Kier molecular flexibility index (Phi) is 4.36. The summed E-state index contributed by atoms with van der Waals surface area (Å²) in [4.78, 5) is 2.28. The molecule has 0 spiro atoms. The zero-order valence-electron chi connectivity index (χ0n) is 12.3. The summed E-state index contributed by atoms with van der Waals surface area (Å²) in [6.07, 6.45) is 5.50. The quantitative estimate of drug-likeness (QED) is 0.797. The van der Waals surface area contributed by atoms with Crippen molar-refractivity contribution in [3.8, 4) is 0 Å². The average molecular weight is 302 g/mol. The first-order chi connectivity index (χ1) is 9.52. The molecule has 1 saturated carbocycles. The molecule has 0 amide bonds. The molecule has 116 valence electrons. The molecule has 20 heavy (non-hydrogen) atoms. The first-order valence-corrected chi connectivity index (χ1v) is 9.67. The van der Waals surface area contributed by atoms with Crippen LogP contribution in [0.5, 0.6) is 0 Å². The molecule has 3 rings (SSSR count). The van der Waals surface area contributed by atoms with Crippen LogP contribution in [0.1, 0.15) is 32.6 Å². The Hall–Kier alpha value is -0.170. The van der Waals surface area contributed by atoms with Crippen LogP contribution in [0.25, 0.3) is 0 Å². The molecule has 2 aliphatic heterocycles. The van der Waals surface area contributed by atoms with Crippen molar-refractivity contribution in [2.75, 3.05) is 31.1 Å². The van der Waals surface area contributed by atoms with Crippen molar-refractivity contribution in [1.29, 1.82) is 0 Å². The van der Waals surface area contributed by atoms with Crippen molar-refractivity contribution in [2.45, 2.75) is 56.9 Å². The fourth-order valence-corrected chi connectivity index (χ4v) is 4.84. The molecule has 2 heterocycles. The molecule has 6 heteroatoms. The highest BCUT2D eigenvalue weighted by atomic mass is 32.2. The monoisotopic (exact) mass is 302 g/mol. The molecule has 0 aromatic carbocycles. The third-order valence-corrected chi connectivity index (χ3v) is 6.45. The summed E-state index contributed by atoms with van der Waals surface area (Å²) in [5.74, 6) is 0.600. The summed E-state index contributed by atoms with van der Waals surface area (Å²) in [5.41, 5.74) is 0. The summed E-state index contributed by atoms with van der Waals surface area (Å²) in [6, 6.07) is 0.867. The Labute approximate surface area is 122 Å². The summed E-state index contributed by atoms with van der Waals surface area (Å²) in [7, 11) is -2.81. The second-order valence-corrected chi connectivity index (χ2v) is 8.83. The van der Waals surface area contributed by atoms with E-state index in [1.807, 2.05) is 6.92 Å². The predicted molar refractivity (Wildman–Crippen MR) is 78.6 cm³/mol. The SMILES string of the molecule is CC1CS(=O)(=O)CCN1CC1CCC(CNC2CC2)O1. The van der Waals surface area contributed by atoms with E-state index in [4.69, 9.17) is 4.74 Å². The zero-order valence-corrected chi connectivity index (χ0v) is 13.1. The lowest BCUT2D eigenvalue weighted by Gasteiger charge is -2.34. The Balaban J connectivity index is 1.42. The van der Waals surface area contributed by atoms with Gasteiger partial charge in [0.1, 0.15) is 0 Å². The summed E-state index contributed by atoms with van der Waals surface area (Å²) in [5, 5.41) is 3.52. The van der Waals surface area contributed by atoms with Crippen LogP contribution in [0.4, 0.5) is 0 Å². The number of nitrogens with one attached hydrogen (secondary N) is 1. The van der Waals surface area contributed by atoms with E-state index in [0.717, 1.165) is 32.0 Å². The fraction of sp³-hybridized carbons (Fsp3) is 1.00.